The standard InChI is InChI=1S/C15H17Cl2N3O2/c1-15(2)9(7-11(16)17)12(15)13-19-10(8-18)14(22-13)20-3-5-21-6-4-20/h7,9,12H,3-6H2,1-2H3/t9-,12+/m1/s1. The number of morpholine rings is 1. The molecule has 5 nitrogen and oxygen atoms in total. The van der Waals surface area contributed by atoms with Crippen LogP contribution in [0.1, 0.15) is 31.4 Å². The van der Waals surface area contributed by atoms with Crippen molar-refractivity contribution in [3.63, 3.8) is 0 Å². The Hall–Kier alpha value is -1.22. The summed E-state index contributed by atoms with van der Waals surface area (Å²) in [5, 5.41) is 9.32. The van der Waals surface area contributed by atoms with Gasteiger partial charge in [0.25, 0.3) is 0 Å². The van der Waals surface area contributed by atoms with Crippen LogP contribution in [0.5, 0.6) is 0 Å². The molecular weight excluding hydrogens is 325 g/mol. The number of oxazole rings is 1. The normalized spacial score (nSPS) is 26.4. The second-order valence-corrected chi connectivity index (χ2v) is 7.21. The average molecular weight is 342 g/mol. The van der Waals surface area contributed by atoms with Gasteiger partial charge >= 0.3 is 0 Å². The van der Waals surface area contributed by atoms with Gasteiger partial charge in [0.15, 0.2) is 0 Å². The third-order valence-corrected chi connectivity index (χ3v) is 4.76. The first-order valence-electron chi connectivity index (χ1n) is 7.21. The highest BCUT2D eigenvalue weighted by Crippen LogP contribution is 2.65. The molecule has 1 saturated heterocycles. The van der Waals surface area contributed by atoms with Crippen molar-refractivity contribution >= 4 is 29.1 Å². The van der Waals surface area contributed by atoms with Crippen molar-refractivity contribution in [2.75, 3.05) is 31.2 Å². The number of rotatable bonds is 3. The van der Waals surface area contributed by atoms with Gasteiger partial charge in [-0.25, -0.2) is 4.98 Å². The van der Waals surface area contributed by atoms with Gasteiger partial charge in [0, 0.05) is 19.0 Å². The molecule has 0 bridgehead atoms. The van der Waals surface area contributed by atoms with E-state index in [-0.39, 0.29) is 21.7 Å². The molecule has 1 aliphatic carbocycles. The second kappa shape index (κ2) is 5.77. The molecule has 0 radical (unpaired) electrons. The molecule has 3 rings (SSSR count). The zero-order valence-electron chi connectivity index (χ0n) is 12.5. The summed E-state index contributed by atoms with van der Waals surface area (Å²) in [6.07, 6.45) is 1.82. The Morgan fingerprint density at radius 3 is 2.68 bits per heavy atom. The maximum atomic E-state index is 9.32. The van der Waals surface area contributed by atoms with Gasteiger partial charge in [-0.05, 0) is 17.4 Å². The van der Waals surface area contributed by atoms with E-state index in [0.717, 1.165) is 0 Å². The predicted molar refractivity (Wildman–Crippen MR) is 84.1 cm³/mol. The van der Waals surface area contributed by atoms with Crippen LogP contribution in [0.15, 0.2) is 15.0 Å². The van der Waals surface area contributed by atoms with Crippen molar-refractivity contribution in [2.45, 2.75) is 19.8 Å². The first-order chi connectivity index (χ1) is 10.4. The van der Waals surface area contributed by atoms with Crippen LogP contribution in [0.2, 0.25) is 0 Å². The van der Waals surface area contributed by atoms with Gasteiger partial charge in [0.05, 0.1) is 13.2 Å². The molecule has 118 valence electrons. The van der Waals surface area contributed by atoms with E-state index in [1.54, 1.807) is 0 Å². The molecule has 2 fully saturated rings. The van der Waals surface area contributed by atoms with E-state index >= 15 is 0 Å². The number of halogens is 2. The fourth-order valence-electron chi connectivity index (χ4n) is 3.11. The summed E-state index contributed by atoms with van der Waals surface area (Å²) < 4.78 is 11.5. The number of hydrogen-bond acceptors (Lipinski definition) is 5. The molecule has 7 heteroatoms. The molecule has 1 aromatic heterocycles. The van der Waals surface area contributed by atoms with Gasteiger partial charge in [-0.1, -0.05) is 37.0 Å². The van der Waals surface area contributed by atoms with Crippen LogP contribution >= 0.6 is 23.2 Å². The van der Waals surface area contributed by atoms with Gasteiger partial charge in [-0.15, -0.1) is 0 Å². The Morgan fingerprint density at radius 1 is 1.41 bits per heavy atom. The van der Waals surface area contributed by atoms with E-state index < -0.39 is 0 Å². The highest BCUT2D eigenvalue weighted by Gasteiger charge is 2.60. The summed E-state index contributed by atoms with van der Waals surface area (Å²) in [6, 6.07) is 2.12. The van der Waals surface area contributed by atoms with Crippen molar-refractivity contribution in [3.8, 4) is 6.07 Å². The molecule has 2 aliphatic rings. The summed E-state index contributed by atoms with van der Waals surface area (Å²) in [4.78, 5) is 6.40. The van der Waals surface area contributed by atoms with Crippen molar-refractivity contribution in [3.05, 3.63) is 22.2 Å². The second-order valence-electron chi connectivity index (χ2n) is 6.20. The van der Waals surface area contributed by atoms with Crippen LogP contribution in [0.3, 0.4) is 0 Å². The first kappa shape index (κ1) is 15.7. The summed E-state index contributed by atoms with van der Waals surface area (Å²) in [7, 11) is 0. The van der Waals surface area contributed by atoms with E-state index in [1.807, 2.05) is 11.0 Å². The number of ether oxygens (including phenoxy) is 1. The van der Waals surface area contributed by atoms with Gasteiger partial charge in [-0.2, -0.15) is 5.26 Å². The molecule has 0 amide bonds. The maximum Gasteiger partial charge on any atom is 0.234 e. The lowest BCUT2D eigenvalue weighted by Crippen LogP contribution is -2.36. The van der Waals surface area contributed by atoms with Crippen molar-refractivity contribution in [1.29, 1.82) is 5.26 Å². The molecule has 0 aromatic carbocycles. The quantitative estimate of drug-likeness (QED) is 0.842. The Morgan fingerprint density at radius 2 is 2.09 bits per heavy atom. The van der Waals surface area contributed by atoms with E-state index in [9.17, 15) is 5.26 Å². The molecule has 0 spiro atoms. The first-order valence-corrected chi connectivity index (χ1v) is 7.97. The van der Waals surface area contributed by atoms with Crippen molar-refractivity contribution in [2.24, 2.45) is 11.3 Å². The topological polar surface area (TPSA) is 62.3 Å². The van der Waals surface area contributed by atoms with Crippen molar-refractivity contribution < 1.29 is 9.15 Å². The number of allylic oxidation sites excluding steroid dienone is 1. The zero-order chi connectivity index (χ0) is 15.9. The average Bonchev–Trinajstić information content (AvgIpc) is 2.86. The number of aromatic nitrogens is 1. The van der Waals surface area contributed by atoms with E-state index in [1.165, 1.54) is 0 Å². The highest BCUT2D eigenvalue weighted by atomic mass is 35.5. The number of anilines is 1. The van der Waals surface area contributed by atoms with Crippen molar-refractivity contribution in [1.82, 2.24) is 4.98 Å². The third-order valence-electron chi connectivity index (χ3n) is 4.51. The van der Waals surface area contributed by atoms with E-state index in [4.69, 9.17) is 32.4 Å². The summed E-state index contributed by atoms with van der Waals surface area (Å²) in [5.41, 5.74) is 0.300. The third kappa shape index (κ3) is 2.71. The molecule has 1 aliphatic heterocycles. The molecule has 22 heavy (non-hydrogen) atoms. The van der Waals surface area contributed by atoms with Crippen LogP contribution in [0, 0.1) is 22.7 Å². The van der Waals surface area contributed by atoms with Gasteiger partial charge in [0.2, 0.25) is 17.5 Å². The minimum absolute atomic E-state index is 0.0328. The minimum Gasteiger partial charge on any atom is -0.423 e. The number of nitriles is 1. The summed E-state index contributed by atoms with van der Waals surface area (Å²) >= 11 is 11.6. The zero-order valence-corrected chi connectivity index (χ0v) is 14.0. The molecular formula is C15H17Cl2N3O2. The SMILES string of the molecule is CC1(C)[C@H](C=C(Cl)Cl)[C@H]1c1nc(C#N)c(N2CCOCC2)o1. The lowest BCUT2D eigenvalue weighted by Gasteiger charge is -2.26. The predicted octanol–water partition coefficient (Wildman–Crippen LogP) is 3.44. The van der Waals surface area contributed by atoms with Crippen LogP contribution in [-0.4, -0.2) is 31.3 Å². The Kier molecular flexibility index (Phi) is 4.11. The maximum absolute atomic E-state index is 9.32. The van der Waals surface area contributed by atoms with Crippen LogP contribution in [0.4, 0.5) is 5.88 Å². The molecule has 0 unspecified atom stereocenters. The number of hydrogen-bond donors (Lipinski definition) is 0. The Bertz CT molecular complexity index is 638. The summed E-state index contributed by atoms with van der Waals surface area (Å²) in [6.45, 7) is 6.88. The van der Waals surface area contributed by atoms with Crippen LogP contribution in [-0.2, 0) is 4.74 Å². The Labute approximate surface area is 139 Å². The lowest BCUT2D eigenvalue weighted by molar-refractivity contribution is 0.120. The molecule has 2 atom stereocenters. The van der Waals surface area contributed by atoms with E-state index in [0.29, 0.717) is 43.8 Å². The van der Waals surface area contributed by atoms with Crippen LogP contribution < -0.4 is 4.90 Å². The van der Waals surface area contributed by atoms with Crippen LogP contribution in [0.25, 0.3) is 0 Å². The van der Waals surface area contributed by atoms with Gasteiger partial charge in [-0.3, -0.25) is 0 Å². The lowest BCUT2D eigenvalue weighted by atomic mass is 10.1. The molecule has 1 aromatic rings. The Balaban J connectivity index is 1.89. The minimum atomic E-state index is -0.0328. The van der Waals surface area contributed by atoms with E-state index in [2.05, 4.69) is 24.9 Å². The highest BCUT2D eigenvalue weighted by molar-refractivity contribution is 6.55. The smallest absolute Gasteiger partial charge is 0.234 e. The van der Waals surface area contributed by atoms with Gasteiger partial charge in [0.1, 0.15) is 10.6 Å². The molecule has 2 heterocycles. The molecule has 0 N–H and O–H groups in total. The number of nitrogens with zero attached hydrogens (tertiary/aromatic N) is 3. The summed E-state index contributed by atoms with van der Waals surface area (Å²) in [5.74, 6) is 1.38. The fourth-order valence-corrected chi connectivity index (χ4v) is 3.38. The fraction of sp³-hybridized carbons (Fsp3) is 0.600. The van der Waals surface area contributed by atoms with Gasteiger partial charge < -0.3 is 14.1 Å². The monoisotopic (exact) mass is 341 g/mol. The molecule has 1 saturated carbocycles. The largest absolute Gasteiger partial charge is 0.423 e.